The Morgan fingerprint density at radius 1 is 1.39 bits per heavy atom. The summed E-state index contributed by atoms with van der Waals surface area (Å²) in [5.41, 5.74) is 1.24. The zero-order chi connectivity index (χ0) is 22.8. The summed E-state index contributed by atoms with van der Waals surface area (Å²) < 4.78 is 21.8. The van der Waals surface area contributed by atoms with Crippen molar-refractivity contribution in [2.75, 3.05) is 13.2 Å². The second-order valence-electron chi connectivity index (χ2n) is 8.54. The normalized spacial score (nSPS) is 14.5. The monoisotopic (exact) mass is 428 g/mol. The molecule has 2 amide bonds. The van der Waals surface area contributed by atoms with E-state index >= 15 is 0 Å². The third-order valence-corrected chi connectivity index (χ3v) is 5.22. The predicted octanol–water partition coefficient (Wildman–Crippen LogP) is 3.14. The van der Waals surface area contributed by atoms with Crippen molar-refractivity contribution in [1.82, 2.24) is 20.2 Å². The lowest BCUT2D eigenvalue weighted by Crippen LogP contribution is -2.53. The lowest BCUT2D eigenvalue weighted by molar-refractivity contribution is -0.125. The molecule has 2 aromatic rings. The van der Waals surface area contributed by atoms with Gasteiger partial charge in [-0.2, -0.15) is 0 Å². The molecule has 2 heterocycles. The molecule has 2 N–H and O–H groups in total. The Morgan fingerprint density at radius 3 is 2.74 bits per heavy atom. The van der Waals surface area contributed by atoms with Gasteiger partial charge in [0, 0.05) is 24.2 Å². The fraction of sp³-hybridized carbons (Fsp3) is 0.435. The van der Waals surface area contributed by atoms with Crippen LogP contribution in [0.15, 0.2) is 24.8 Å². The number of amides is 2. The van der Waals surface area contributed by atoms with E-state index in [0.717, 1.165) is 0 Å². The molecule has 0 saturated carbocycles. The van der Waals surface area contributed by atoms with E-state index in [-0.39, 0.29) is 18.2 Å². The molecule has 31 heavy (non-hydrogen) atoms. The van der Waals surface area contributed by atoms with Crippen LogP contribution in [0.3, 0.4) is 0 Å². The molecule has 0 radical (unpaired) electrons. The molecule has 0 unspecified atom stereocenters. The first-order valence-electron chi connectivity index (χ1n) is 10.4. The van der Waals surface area contributed by atoms with Gasteiger partial charge in [-0.15, -0.1) is 0 Å². The fourth-order valence-electron chi connectivity index (χ4n) is 3.58. The summed E-state index contributed by atoms with van der Waals surface area (Å²) in [6, 6.07) is 4.02. The molecule has 1 aromatic carbocycles. The molecule has 1 aliphatic rings. The number of hydrogen-bond acceptors (Lipinski definition) is 4. The number of rotatable bonds is 6. The van der Waals surface area contributed by atoms with Crippen molar-refractivity contribution < 1.29 is 18.7 Å². The van der Waals surface area contributed by atoms with E-state index in [9.17, 15) is 14.0 Å². The van der Waals surface area contributed by atoms with Crippen molar-refractivity contribution >= 4 is 17.9 Å². The highest BCUT2D eigenvalue weighted by atomic mass is 19.1. The van der Waals surface area contributed by atoms with E-state index in [1.54, 1.807) is 12.1 Å². The van der Waals surface area contributed by atoms with E-state index < -0.39 is 23.2 Å². The molecule has 0 bridgehead atoms. The molecule has 0 spiro atoms. The Hall–Kier alpha value is -3.00. The molecule has 0 aliphatic carbocycles. The van der Waals surface area contributed by atoms with Crippen LogP contribution < -0.4 is 10.6 Å². The van der Waals surface area contributed by atoms with Gasteiger partial charge in [-0.25, -0.2) is 9.37 Å². The highest BCUT2D eigenvalue weighted by Gasteiger charge is 2.35. The maximum Gasteiger partial charge on any atom is 0.272 e. The van der Waals surface area contributed by atoms with Crippen LogP contribution in [0, 0.1) is 11.2 Å². The lowest BCUT2D eigenvalue weighted by Gasteiger charge is -2.30. The SMILES string of the molecule is C=Cc1ccc(-c2nc(C(=O)N[C@H](C(=O)NCC)C(C)(C)C)c3n2CCOC3)cc1F. The number of carbonyl (C=O) groups excluding carboxylic acids is 2. The Labute approximate surface area is 181 Å². The van der Waals surface area contributed by atoms with Gasteiger partial charge in [-0.05, 0) is 18.4 Å². The van der Waals surface area contributed by atoms with Gasteiger partial charge in [-0.3, -0.25) is 9.59 Å². The third kappa shape index (κ3) is 4.69. The van der Waals surface area contributed by atoms with Gasteiger partial charge < -0.3 is 19.9 Å². The maximum absolute atomic E-state index is 14.3. The van der Waals surface area contributed by atoms with Crippen LogP contribution in [0.1, 0.15) is 49.4 Å². The molecule has 1 atom stereocenters. The average Bonchev–Trinajstić information content (AvgIpc) is 3.11. The molecular formula is C23H29FN4O3. The highest BCUT2D eigenvalue weighted by molar-refractivity contribution is 5.98. The number of aromatic nitrogens is 2. The van der Waals surface area contributed by atoms with Crippen molar-refractivity contribution in [2.24, 2.45) is 5.41 Å². The zero-order valence-electron chi connectivity index (χ0n) is 18.4. The van der Waals surface area contributed by atoms with E-state index in [4.69, 9.17) is 4.74 Å². The number of nitrogens with one attached hydrogen (secondary N) is 2. The minimum absolute atomic E-state index is 0.182. The topological polar surface area (TPSA) is 85.3 Å². The first-order chi connectivity index (χ1) is 14.7. The summed E-state index contributed by atoms with van der Waals surface area (Å²) in [5.74, 6) is -0.639. The molecular weight excluding hydrogens is 399 g/mol. The van der Waals surface area contributed by atoms with Crippen LogP contribution in [-0.4, -0.2) is 40.6 Å². The zero-order valence-corrected chi connectivity index (χ0v) is 18.4. The Balaban J connectivity index is 2.00. The van der Waals surface area contributed by atoms with Gasteiger partial charge in [0.15, 0.2) is 5.69 Å². The molecule has 1 aromatic heterocycles. The number of carbonyl (C=O) groups is 2. The lowest BCUT2D eigenvalue weighted by atomic mass is 9.86. The largest absolute Gasteiger partial charge is 0.373 e. The molecule has 0 saturated heterocycles. The first kappa shape index (κ1) is 22.7. The van der Waals surface area contributed by atoms with Crippen molar-refractivity contribution in [3.63, 3.8) is 0 Å². The summed E-state index contributed by atoms with van der Waals surface area (Å²) >= 11 is 0. The van der Waals surface area contributed by atoms with Crippen LogP contribution in [0.25, 0.3) is 17.5 Å². The van der Waals surface area contributed by atoms with E-state index in [1.165, 1.54) is 12.1 Å². The second-order valence-corrected chi connectivity index (χ2v) is 8.54. The van der Waals surface area contributed by atoms with Gasteiger partial charge >= 0.3 is 0 Å². The minimum Gasteiger partial charge on any atom is -0.373 e. The van der Waals surface area contributed by atoms with Crippen molar-refractivity contribution in [1.29, 1.82) is 0 Å². The number of ether oxygens (including phenoxy) is 1. The number of hydrogen-bond donors (Lipinski definition) is 2. The van der Waals surface area contributed by atoms with Crippen LogP contribution in [0.5, 0.6) is 0 Å². The number of benzene rings is 1. The summed E-state index contributed by atoms with van der Waals surface area (Å²) in [6.07, 6.45) is 1.45. The van der Waals surface area contributed by atoms with Crippen molar-refractivity contribution in [3.05, 3.63) is 47.5 Å². The molecule has 0 fully saturated rings. The molecule has 166 valence electrons. The van der Waals surface area contributed by atoms with Crippen LogP contribution >= 0.6 is 0 Å². The number of nitrogens with zero attached hydrogens (tertiary/aromatic N) is 2. The van der Waals surface area contributed by atoms with Gasteiger partial charge in [0.05, 0.1) is 18.9 Å². The van der Waals surface area contributed by atoms with Crippen LogP contribution in [0.4, 0.5) is 4.39 Å². The fourth-order valence-corrected chi connectivity index (χ4v) is 3.58. The summed E-state index contributed by atoms with van der Waals surface area (Å²) in [7, 11) is 0. The Morgan fingerprint density at radius 2 is 2.13 bits per heavy atom. The van der Waals surface area contributed by atoms with Gasteiger partial charge in [0.25, 0.3) is 5.91 Å². The summed E-state index contributed by atoms with van der Waals surface area (Å²) in [4.78, 5) is 30.3. The molecule has 1 aliphatic heterocycles. The third-order valence-electron chi connectivity index (χ3n) is 5.22. The van der Waals surface area contributed by atoms with E-state index in [1.807, 2.05) is 32.3 Å². The van der Waals surface area contributed by atoms with Crippen LogP contribution in [-0.2, 0) is 22.7 Å². The number of imidazole rings is 1. The van der Waals surface area contributed by atoms with Gasteiger partial charge in [0.2, 0.25) is 5.91 Å². The Bertz CT molecular complexity index is 1010. The predicted molar refractivity (Wildman–Crippen MR) is 117 cm³/mol. The van der Waals surface area contributed by atoms with E-state index in [2.05, 4.69) is 22.2 Å². The van der Waals surface area contributed by atoms with Crippen molar-refractivity contribution in [2.45, 2.75) is 46.9 Å². The summed E-state index contributed by atoms with van der Waals surface area (Å²) in [6.45, 7) is 12.7. The number of likely N-dealkylation sites (N-methyl/N-ethyl adjacent to an activating group) is 1. The molecule has 8 heteroatoms. The van der Waals surface area contributed by atoms with E-state index in [0.29, 0.717) is 42.3 Å². The minimum atomic E-state index is -0.741. The Kier molecular flexibility index (Phi) is 6.59. The number of halogens is 1. The standard InChI is InChI=1S/C23H29FN4O3/c1-6-14-8-9-15(12-16(14)24)20-26-18(17-13-31-11-10-28(17)20)21(29)27-19(23(3,4)5)22(30)25-7-2/h6,8-9,12,19H,1,7,10-11,13H2,2-5H3,(H,25,30)(H,27,29)/t19-/m1/s1. The summed E-state index contributed by atoms with van der Waals surface area (Å²) in [5, 5.41) is 5.60. The quantitative estimate of drug-likeness (QED) is 0.740. The van der Waals surface area contributed by atoms with Gasteiger partial charge in [-0.1, -0.05) is 45.6 Å². The average molecular weight is 429 g/mol. The van der Waals surface area contributed by atoms with Crippen LogP contribution in [0.2, 0.25) is 0 Å². The van der Waals surface area contributed by atoms with Gasteiger partial charge in [0.1, 0.15) is 17.7 Å². The highest BCUT2D eigenvalue weighted by Crippen LogP contribution is 2.28. The smallest absolute Gasteiger partial charge is 0.272 e. The first-order valence-corrected chi connectivity index (χ1v) is 10.4. The number of fused-ring (bicyclic) bond motifs is 1. The molecule has 7 nitrogen and oxygen atoms in total. The second kappa shape index (κ2) is 9.01. The molecule has 3 rings (SSSR count). The maximum atomic E-state index is 14.3. The van der Waals surface area contributed by atoms with Crippen molar-refractivity contribution in [3.8, 4) is 11.4 Å².